The molecule has 0 saturated heterocycles. The van der Waals surface area contributed by atoms with E-state index in [2.05, 4.69) is 11.9 Å². The van der Waals surface area contributed by atoms with Gasteiger partial charge in [-0.25, -0.2) is 0 Å². The van der Waals surface area contributed by atoms with Crippen molar-refractivity contribution in [2.45, 2.75) is 25.7 Å². The van der Waals surface area contributed by atoms with Crippen LogP contribution in [-0.2, 0) is 17.6 Å². The van der Waals surface area contributed by atoms with Gasteiger partial charge in [0.1, 0.15) is 11.3 Å². The van der Waals surface area contributed by atoms with Crippen LogP contribution >= 0.6 is 0 Å². The Hall–Kier alpha value is -2.23. The standard InChI is InChI=1S/C17H19NO3/c1-2-4-16(19)18-9-8-12-11-21-15-7-6-14-13(17(12)15)5-3-10-20-14/h2,6-7,11H,1,3-5,8-10H2,(H,18,19). The van der Waals surface area contributed by atoms with Crippen LogP contribution in [0.4, 0.5) is 0 Å². The van der Waals surface area contributed by atoms with Gasteiger partial charge >= 0.3 is 0 Å². The molecule has 1 aliphatic heterocycles. The van der Waals surface area contributed by atoms with Crippen LogP contribution in [-0.4, -0.2) is 19.1 Å². The summed E-state index contributed by atoms with van der Waals surface area (Å²) in [5.41, 5.74) is 3.26. The Morgan fingerprint density at radius 1 is 1.43 bits per heavy atom. The van der Waals surface area contributed by atoms with Gasteiger partial charge in [0.05, 0.1) is 12.9 Å². The van der Waals surface area contributed by atoms with Crippen LogP contribution in [0.15, 0.2) is 35.5 Å². The normalized spacial score (nSPS) is 13.5. The number of furan rings is 1. The largest absolute Gasteiger partial charge is 0.493 e. The molecular weight excluding hydrogens is 266 g/mol. The van der Waals surface area contributed by atoms with Crippen LogP contribution in [0.2, 0.25) is 0 Å². The van der Waals surface area contributed by atoms with Crippen LogP contribution in [0, 0.1) is 0 Å². The van der Waals surface area contributed by atoms with Gasteiger partial charge in [-0.05, 0) is 31.4 Å². The van der Waals surface area contributed by atoms with Gasteiger partial charge in [-0.1, -0.05) is 6.08 Å². The molecule has 0 aliphatic carbocycles. The molecule has 1 N–H and O–H groups in total. The number of fused-ring (bicyclic) bond motifs is 3. The number of carbonyl (C=O) groups is 1. The summed E-state index contributed by atoms with van der Waals surface area (Å²) in [5.74, 6) is 0.968. The average molecular weight is 285 g/mol. The molecule has 1 aromatic carbocycles. The number of amides is 1. The number of hydrogen-bond donors (Lipinski definition) is 1. The van der Waals surface area contributed by atoms with Crippen LogP contribution in [0.3, 0.4) is 0 Å². The highest BCUT2D eigenvalue weighted by Crippen LogP contribution is 2.35. The first-order valence-corrected chi connectivity index (χ1v) is 7.32. The predicted molar refractivity (Wildman–Crippen MR) is 81.6 cm³/mol. The molecule has 0 atom stereocenters. The highest BCUT2D eigenvalue weighted by molar-refractivity contribution is 5.87. The maximum atomic E-state index is 11.4. The SMILES string of the molecule is C=CCC(=O)NCCc1coc2ccc3c(c12)CCCO3. The number of hydrogen-bond acceptors (Lipinski definition) is 3. The third-order valence-electron chi connectivity index (χ3n) is 3.76. The van der Waals surface area contributed by atoms with Gasteiger partial charge in [-0.15, -0.1) is 6.58 Å². The van der Waals surface area contributed by atoms with Crippen LogP contribution in [0.25, 0.3) is 11.0 Å². The van der Waals surface area contributed by atoms with Crippen molar-refractivity contribution in [3.05, 3.63) is 42.2 Å². The van der Waals surface area contributed by atoms with Gasteiger partial charge in [0.15, 0.2) is 0 Å². The Labute approximate surface area is 123 Å². The lowest BCUT2D eigenvalue weighted by Crippen LogP contribution is -2.24. The summed E-state index contributed by atoms with van der Waals surface area (Å²) in [7, 11) is 0. The molecule has 1 aromatic heterocycles. The molecule has 2 aromatic rings. The molecule has 3 rings (SSSR count). The van der Waals surface area contributed by atoms with E-state index in [1.165, 1.54) is 5.56 Å². The minimum Gasteiger partial charge on any atom is -0.493 e. The Kier molecular flexibility index (Phi) is 3.95. The molecule has 4 heteroatoms. The van der Waals surface area contributed by atoms with Crippen molar-refractivity contribution in [3.8, 4) is 5.75 Å². The second kappa shape index (κ2) is 6.04. The van der Waals surface area contributed by atoms with E-state index in [0.717, 1.165) is 48.2 Å². The summed E-state index contributed by atoms with van der Waals surface area (Å²) in [6, 6.07) is 3.94. The first kappa shape index (κ1) is 13.7. The van der Waals surface area contributed by atoms with Crippen molar-refractivity contribution >= 4 is 16.9 Å². The van der Waals surface area contributed by atoms with Crippen molar-refractivity contribution in [2.24, 2.45) is 0 Å². The van der Waals surface area contributed by atoms with Gasteiger partial charge in [0, 0.05) is 29.5 Å². The number of nitrogens with one attached hydrogen (secondary N) is 1. The molecule has 1 aliphatic rings. The van der Waals surface area contributed by atoms with Crippen molar-refractivity contribution in [1.82, 2.24) is 5.32 Å². The molecule has 2 heterocycles. The first-order chi connectivity index (χ1) is 10.3. The van der Waals surface area contributed by atoms with Gasteiger partial charge in [0.25, 0.3) is 0 Å². The number of benzene rings is 1. The van der Waals surface area contributed by atoms with Gasteiger partial charge in [0.2, 0.25) is 5.91 Å². The zero-order valence-electron chi connectivity index (χ0n) is 12.0. The second-order valence-corrected chi connectivity index (χ2v) is 5.22. The maximum absolute atomic E-state index is 11.4. The zero-order valence-corrected chi connectivity index (χ0v) is 12.0. The third-order valence-corrected chi connectivity index (χ3v) is 3.76. The molecule has 0 unspecified atom stereocenters. The predicted octanol–water partition coefficient (Wildman–Crippen LogP) is 2.99. The molecular formula is C17H19NO3. The smallest absolute Gasteiger partial charge is 0.223 e. The van der Waals surface area contributed by atoms with Gasteiger partial charge in [-0.2, -0.15) is 0 Å². The van der Waals surface area contributed by atoms with E-state index in [-0.39, 0.29) is 5.91 Å². The van der Waals surface area contributed by atoms with E-state index < -0.39 is 0 Å². The van der Waals surface area contributed by atoms with Crippen molar-refractivity contribution in [2.75, 3.05) is 13.2 Å². The fraction of sp³-hybridized carbons (Fsp3) is 0.353. The van der Waals surface area contributed by atoms with E-state index in [1.807, 2.05) is 12.1 Å². The van der Waals surface area contributed by atoms with Crippen LogP contribution in [0.1, 0.15) is 24.0 Å². The molecule has 0 radical (unpaired) electrons. The summed E-state index contributed by atoms with van der Waals surface area (Å²) in [6.07, 6.45) is 6.56. The lowest BCUT2D eigenvalue weighted by molar-refractivity contribution is -0.120. The van der Waals surface area contributed by atoms with E-state index in [9.17, 15) is 4.79 Å². The Morgan fingerprint density at radius 2 is 2.33 bits per heavy atom. The quantitative estimate of drug-likeness (QED) is 0.859. The molecule has 21 heavy (non-hydrogen) atoms. The molecule has 0 fully saturated rings. The summed E-state index contributed by atoms with van der Waals surface area (Å²) in [5, 5.41) is 4.04. The minimum absolute atomic E-state index is 0.00293. The first-order valence-electron chi connectivity index (χ1n) is 7.32. The highest BCUT2D eigenvalue weighted by Gasteiger charge is 2.18. The van der Waals surface area contributed by atoms with E-state index >= 15 is 0 Å². The second-order valence-electron chi connectivity index (χ2n) is 5.22. The molecule has 0 bridgehead atoms. The summed E-state index contributed by atoms with van der Waals surface area (Å²) in [6.45, 7) is 4.94. The Bertz CT molecular complexity index is 672. The fourth-order valence-electron chi connectivity index (χ4n) is 2.79. The molecule has 4 nitrogen and oxygen atoms in total. The summed E-state index contributed by atoms with van der Waals surface area (Å²) in [4.78, 5) is 11.4. The Balaban J connectivity index is 1.79. The van der Waals surface area contributed by atoms with Gasteiger partial charge < -0.3 is 14.5 Å². The Morgan fingerprint density at radius 3 is 3.19 bits per heavy atom. The number of aryl methyl sites for hydroxylation is 1. The fourth-order valence-corrected chi connectivity index (χ4v) is 2.79. The van der Waals surface area contributed by atoms with Crippen LogP contribution < -0.4 is 10.1 Å². The number of carbonyl (C=O) groups excluding carboxylic acids is 1. The average Bonchev–Trinajstić information content (AvgIpc) is 2.91. The van der Waals surface area contributed by atoms with E-state index in [4.69, 9.17) is 9.15 Å². The topological polar surface area (TPSA) is 51.5 Å². The minimum atomic E-state index is 0.00293. The molecule has 0 saturated carbocycles. The summed E-state index contributed by atoms with van der Waals surface area (Å²) >= 11 is 0. The lowest BCUT2D eigenvalue weighted by Gasteiger charge is -2.18. The molecule has 1 amide bonds. The maximum Gasteiger partial charge on any atom is 0.223 e. The number of rotatable bonds is 5. The summed E-state index contributed by atoms with van der Waals surface area (Å²) < 4.78 is 11.3. The van der Waals surface area contributed by atoms with Gasteiger partial charge in [-0.3, -0.25) is 4.79 Å². The van der Waals surface area contributed by atoms with Crippen molar-refractivity contribution in [3.63, 3.8) is 0 Å². The zero-order chi connectivity index (χ0) is 14.7. The van der Waals surface area contributed by atoms with Crippen molar-refractivity contribution in [1.29, 1.82) is 0 Å². The van der Waals surface area contributed by atoms with Crippen molar-refractivity contribution < 1.29 is 13.9 Å². The molecule has 110 valence electrons. The third kappa shape index (κ3) is 2.79. The monoisotopic (exact) mass is 285 g/mol. The van der Waals surface area contributed by atoms with Crippen LogP contribution in [0.5, 0.6) is 5.75 Å². The lowest BCUT2D eigenvalue weighted by atomic mass is 9.98. The molecule has 0 spiro atoms. The van der Waals surface area contributed by atoms with E-state index in [1.54, 1.807) is 12.3 Å². The number of ether oxygens (including phenoxy) is 1. The highest BCUT2D eigenvalue weighted by atomic mass is 16.5. The van der Waals surface area contributed by atoms with E-state index in [0.29, 0.717) is 13.0 Å².